The van der Waals surface area contributed by atoms with Crippen LogP contribution in [0.1, 0.15) is 33.2 Å². The summed E-state index contributed by atoms with van der Waals surface area (Å²) in [5.41, 5.74) is 2.39. The Balaban J connectivity index is 1.95. The first-order valence-electron chi connectivity index (χ1n) is 8.48. The SMILES string of the molecule is CCOC(=O)c1ccc(NC(=O)/C=C/c2ccc(C(=O)N(C)C)cc2)cc1. The average molecular weight is 366 g/mol. The van der Waals surface area contributed by atoms with Crippen LogP contribution in [0.25, 0.3) is 6.08 Å². The number of esters is 1. The summed E-state index contributed by atoms with van der Waals surface area (Å²) >= 11 is 0. The lowest BCUT2D eigenvalue weighted by atomic mass is 10.1. The number of nitrogens with one attached hydrogen (secondary N) is 1. The molecule has 0 radical (unpaired) electrons. The first-order chi connectivity index (χ1) is 12.9. The van der Waals surface area contributed by atoms with Gasteiger partial charge < -0.3 is 15.0 Å². The Hall–Kier alpha value is -3.41. The van der Waals surface area contributed by atoms with E-state index in [2.05, 4.69) is 5.32 Å². The van der Waals surface area contributed by atoms with Crippen LogP contribution < -0.4 is 5.32 Å². The van der Waals surface area contributed by atoms with Gasteiger partial charge in [-0.1, -0.05) is 12.1 Å². The Morgan fingerprint density at radius 2 is 1.56 bits per heavy atom. The average Bonchev–Trinajstić information content (AvgIpc) is 2.67. The third-order valence-corrected chi connectivity index (χ3v) is 3.65. The van der Waals surface area contributed by atoms with Gasteiger partial charge in [-0.2, -0.15) is 0 Å². The molecule has 0 bridgehead atoms. The zero-order chi connectivity index (χ0) is 19.8. The maximum absolute atomic E-state index is 12.0. The molecule has 1 N–H and O–H groups in total. The number of anilines is 1. The van der Waals surface area contributed by atoms with E-state index in [1.54, 1.807) is 75.6 Å². The molecule has 0 heterocycles. The standard InChI is InChI=1S/C21H22N2O4/c1-4-27-21(26)17-10-12-18(13-11-17)22-19(24)14-7-15-5-8-16(9-6-15)20(25)23(2)3/h5-14H,4H2,1-3H3,(H,22,24)/b14-7+. The molecule has 0 fully saturated rings. The second-order valence-electron chi connectivity index (χ2n) is 5.94. The first-order valence-corrected chi connectivity index (χ1v) is 8.48. The number of benzene rings is 2. The number of amides is 2. The Bertz CT molecular complexity index is 837. The largest absolute Gasteiger partial charge is 0.462 e. The molecule has 0 aromatic heterocycles. The second kappa shape index (κ2) is 9.33. The van der Waals surface area contributed by atoms with Crippen molar-refractivity contribution in [3.8, 4) is 0 Å². The van der Waals surface area contributed by atoms with E-state index in [4.69, 9.17) is 4.74 Å². The molecular weight excluding hydrogens is 344 g/mol. The number of nitrogens with zero attached hydrogens (tertiary/aromatic N) is 1. The van der Waals surface area contributed by atoms with Crippen molar-refractivity contribution in [3.05, 3.63) is 71.3 Å². The predicted molar refractivity (Wildman–Crippen MR) is 105 cm³/mol. The molecule has 0 saturated heterocycles. The highest BCUT2D eigenvalue weighted by Crippen LogP contribution is 2.12. The van der Waals surface area contributed by atoms with Crippen molar-refractivity contribution in [3.63, 3.8) is 0 Å². The van der Waals surface area contributed by atoms with Crippen LogP contribution in [0, 0.1) is 0 Å². The number of ether oxygens (including phenoxy) is 1. The summed E-state index contributed by atoms with van der Waals surface area (Å²) in [6, 6.07) is 13.4. The van der Waals surface area contributed by atoms with Gasteiger partial charge in [0.1, 0.15) is 0 Å². The molecule has 0 aliphatic heterocycles. The minimum atomic E-state index is -0.397. The summed E-state index contributed by atoms with van der Waals surface area (Å²) in [6.45, 7) is 2.05. The van der Waals surface area contributed by atoms with Crippen molar-refractivity contribution in [2.45, 2.75) is 6.92 Å². The monoisotopic (exact) mass is 366 g/mol. The third kappa shape index (κ3) is 5.81. The van der Waals surface area contributed by atoms with Gasteiger partial charge in [-0.15, -0.1) is 0 Å². The van der Waals surface area contributed by atoms with Gasteiger partial charge in [-0.3, -0.25) is 9.59 Å². The van der Waals surface area contributed by atoms with E-state index >= 15 is 0 Å². The van der Waals surface area contributed by atoms with Gasteiger partial charge >= 0.3 is 5.97 Å². The zero-order valence-electron chi connectivity index (χ0n) is 15.6. The summed E-state index contributed by atoms with van der Waals surface area (Å²) in [5.74, 6) is -0.770. The van der Waals surface area contributed by atoms with Crippen molar-refractivity contribution in [2.75, 3.05) is 26.0 Å². The molecule has 0 saturated carbocycles. The topological polar surface area (TPSA) is 75.7 Å². The van der Waals surface area contributed by atoms with E-state index in [-0.39, 0.29) is 11.8 Å². The lowest BCUT2D eigenvalue weighted by molar-refractivity contribution is -0.111. The van der Waals surface area contributed by atoms with Crippen LogP contribution in [0.2, 0.25) is 0 Å². The molecule has 6 nitrogen and oxygen atoms in total. The number of carbonyl (C=O) groups excluding carboxylic acids is 3. The number of rotatable bonds is 6. The summed E-state index contributed by atoms with van der Waals surface area (Å²) in [6.07, 6.45) is 3.06. The van der Waals surface area contributed by atoms with Crippen LogP contribution in [0.5, 0.6) is 0 Å². The number of carbonyl (C=O) groups is 3. The summed E-state index contributed by atoms with van der Waals surface area (Å²) in [7, 11) is 3.39. The number of hydrogen-bond acceptors (Lipinski definition) is 4. The second-order valence-corrected chi connectivity index (χ2v) is 5.94. The van der Waals surface area contributed by atoms with Gasteiger partial charge in [-0.25, -0.2) is 4.79 Å². The molecule has 0 aliphatic rings. The van der Waals surface area contributed by atoms with Crippen LogP contribution in [0.15, 0.2) is 54.6 Å². The van der Waals surface area contributed by atoms with Crippen LogP contribution in [0.4, 0.5) is 5.69 Å². The molecule has 2 rings (SSSR count). The Kier molecular flexibility index (Phi) is 6.88. The molecule has 2 amide bonds. The molecule has 2 aromatic carbocycles. The van der Waals surface area contributed by atoms with Gasteiger partial charge in [0.2, 0.25) is 5.91 Å². The van der Waals surface area contributed by atoms with Crippen LogP contribution in [-0.4, -0.2) is 43.4 Å². The maximum Gasteiger partial charge on any atom is 0.338 e. The lowest BCUT2D eigenvalue weighted by Crippen LogP contribution is -2.21. The van der Waals surface area contributed by atoms with Gasteiger partial charge in [0.15, 0.2) is 0 Å². The zero-order valence-corrected chi connectivity index (χ0v) is 15.6. The van der Waals surface area contributed by atoms with E-state index in [9.17, 15) is 14.4 Å². The van der Waals surface area contributed by atoms with Crippen LogP contribution >= 0.6 is 0 Å². The van der Waals surface area contributed by atoms with E-state index in [0.717, 1.165) is 5.56 Å². The van der Waals surface area contributed by atoms with Crippen LogP contribution in [0.3, 0.4) is 0 Å². The Labute approximate surface area is 158 Å². The van der Waals surface area contributed by atoms with Crippen molar-refractivity contribution in [2.24, 2.45) is 0 Å². The Morgan fingerprint density at radius 1 is 0.963 bits per heavy atom. The Morgan fingerprint density at radius 3 is 2.11 bits per heavy atom. The quantitative estimate of drug-likeness (QED) is 0.629. The molecule has 6 heteroatoms. The minimum Gasteiger partial charge on any atom is -0.462 e. The minimum absolute atomic E-state index is 0.0745. The fourth-order valence-corrected chi connectivity index (χ4v) is 2.25. The molecule has 0 spiro atoms. The van der Waals surface area contributed by atoms with Gasteiger partial charge in [0, 0.05) is 31.4 Å². The van der Waals surface area contributed by atoms with E-state index in [1.807, 2.05) is 0 Å². The predicted octanol–water partition coefficient (Wildman–Crippen LogP) is 3.22. The molecule has 140 valence electrons. The highest BCUT2D eigenvalue weighted by molar-refractivity contribution is 6.02. The molecular formula is C21H22N2O4. The van der Waals surface area contributed by atoms with Crippen molar-refractivity contribution >= 4 is 29.5 Å². The van der Waals surface area contributed by atoms with E-state index < -0.39 is 5.97 Å². The lowest BCUT2D eigenvalue weighted by Gasteiger charge is -2.09. The molecule has 2 aromatic rings. The highest BCUT2D eigenvalue weighted by atomic mass is 16.5. The smallest absolute Gasteiger partial charge is 0.338 e. The normalized spacial score (nSPS) is 10.5. The summed E-state index contributed by atoms with van der Waals surface area (Å²) in [4.78, 5) is 37.0. The highest BCUT2D eigenvalue weighted by Gasteiger charge is 2.07. The van der Waals surface area contributed by atoms with Gasteiger partial charge in [0.25, 0.3) is 5.91 Å². The maximum atomic E-state index is 12.0. The van der Waals surface area contributed by atoms with Crippen molar-refractivity contribution in [1.82, 2.24) is 4.90 Å². The molecule has 27 heavy (non-hydrogen) atoms. The summed E-state index contributed by atoms with van der Waals surface area (Å²) < 4.78 is 4.91. The van der Waals surface area contributed by atoms with Gasteiger partial charge in [-0.05, 0) is 55.0 Å². The van der Waals surface area contributed by atoms with Gasteiger partial charge in [0.05, 0.1) is 12.2 Å². The molecule has 0 unspecified atom stereocenters. The third-order valence-electron chi connectivity index (χ3n) is 3.65. The number of hydrogen-bond donors (Lipinski definition) is 1. The fraction of sp³-hybridized carbons (Fsp3) is 0.190. The van der Waals surface area contributed by atoms with E-state index in [1.165, 1.54) is 11.0 Å². The summed E-state index contributed by atoms with van der Waals surface area (Å²) in [5, 5.41) is 2.72. The van der Waals surface area contributed by atoms with Crippen LogP contribution in [-0.2, 0) is 9.53 Å². The fourth-order valence-electron chi connectivity index (χ4n) is 2.25. The van der Waals surface area contributed by atoms with Crippen molar-refractivity contribution < 1.29 is 19.1 Å². The first kappa shape index (κ1) is 19.9. The van der Waals surface area contributed by atoms with Crippen molar-refractivity contribution in [1.29, 1.82) is 0 Å². The molecule has 0 aliphatic carbocycles. The van der Waals surface area contributed by atoms with E-state index in [0.29, 0.717) is 23.4 Å². The molecule has 0 atom stereocenters.